The Morgan fingerprint density at radius 3 is 2.88 bits per heavy atom. The molecule has 132 valence electrons. The standard InChI is InChI=1S/C22H27NO2/c1-4-8-17(5-2)16-23-14-7-6-12-22(23)13-11-18-15-19(25-3)9-10-20(18)21(22)24/h4-5,8-10,15H,1-2,6-7,11-14,16H2,3H3/b17-8+. The van der Waals surface area contributed by atoms with Crippen LogP contribution in [0.2, 0.25) is 0 Å². The van der Waals surface area contributed by atoms with E-state index in [0.717, 1.165) is 67.6 Å². The highest BCUT2D eigenvalue weighted by atomic mass is 16.5. The van der Waals surface area contributed by atoms with Crippen molar-refractivity contribution in [2.75, 3.05) is 20.2 Å². The van der Waals surface area contributed by atoms with Crippen LogP contribution in [0.25, 0.3) is 0 Å². The molecule has 25 heavy (non-hydrogen) atoms. The number of hydrogen-bond acceptors (Lipinski definition) is 3. The number of carbonyl (C=O) groups is 1. The van der Waals surface area contributed by atoms with Crippen LogP contribution in [0.15, 0.2) is 55.2 Å². The Balaban J connectivity index is 1.94. The van der Waals surface area contributed by atoms with Crippen molar-refractivity contribution < 1.29 is 9.53 Å². The molecular formula is C22H27NO2. The summed E-state index contributed by atoms with van der Waals surface area (Å²) in [7, 11) is 1.67. The number of Topliss-reactive ketones (excluding diaryl/α,β-unsaturated/α-hetero) is 1. The number of nitrogens with zero attached hydrogens (tertiary/aromatic N) is 1. The smallest absolute Gasteiger partial charge is 0.183 e. The number of fused-ring (bicyclic) bond motifs is 1. The first kappa shape index (κ1) is 17.7. The average molecular weight is 337 g/mol. The van der Waals surface area contributed by atoms with Gasteiger partial charge in [-0.3, -0.25) is 9.69 Å². The molecule has 1 unspecified atom stereocenters. The Morgan fingerprint density at radius 1 is 1.32 bits per heavy atom. The van der Waals surface area contributed by atoms with Gasteiger partial charge >= 0.3 is 0 Å². The van der Waals surface area contributed by atoms with Crippen molar-refractivity contribution >= 4 is 5.78 Å². The molecule has 1 saturated heterocycles. The molecule has 0 amide bonds. The van der Waals surface area contributed by atoms with Gasteiger partial charge in [-0.15, -0.1) is 0 Å². The first-order chi connectivity index (χ1) is 12.1. The maximum Gasteiger partial charge on any atom is 0.183 e. The van der Waals surface area contributed by atoms with Crippen molar-refractivity contribution in [1.29, 1.82) is 0 Å². The molecule has 3 heteroatoms. The molecule has 1 aromatic carbocycles. The van der Waals surface area contributed by atoms with E-state index >= 15 is 0 Å². The van der Waals surface area contributed by atoms with Crippen molar-refractivity contribution in [1.82, 2.24) is 4.90 Å². The fourth-order valence-corrected chi connectivity index (χ4v) is 4.25. The fourth-order valence-electron chi connectivity index (χ4n) is 4.25. The van der Waals surface area contributed by atoms with Gasteiger partial charge in [0.1, 0.15) is 5.75 Å². The Morgan fingerprint density at radius 2 is 2.16 bits per heavy atom. The van der Waals surface area contributed by atoms with E-state index in [1.165, 1.54) is 0 Å². The maximum absolute atomic E-state index is 13.5. The van der Waals surface area contributed by atoms with E-state index in [1.54, 1.807) is 13.2 Å². The van der Waals surface area contributed by atoms with E-state index in [9.17, 15) is 4.79 Å². The van der Waals surface area contributed by atoms with E-state index in [-0.39, 0.29) is 11.3 Å². The molecule has 1 aliphatic carbocycles. The summed E-state index contributed by atoms with van der Waals surface area (Å²) < 4.78 is 5.32. The molecule has 3 rings (SSSR count). The number of benzene rings is 1. The van der Waals surface area contributed by atoms with E-state index in [4.69, 9.17) is 4.74 Å². The van der Waals surface area contributed by atoms with Crippen LogP contribution in [0.5, 0.6) is 5.75 Å². The molecule has 0 bridgehead atoms. The summed E-state index contributed by atoms with van der Waals surface area (Å²) in [6, 6.07) is 5.86. The zero-order chi connectivity index (χ0) is 17.9. The first-order valence-corrected chi connectivity index (χ1v) is 9.05. The summed E-state index contributed by atoms with van der Waals surface area (Å²) in [5, 5.41) is 0. The Labute approximate surface area is 150 Å². The summed E-state index contributed by atoms with van der Waals surface area (Å²) in [4.78, 5) is 15.9. The number of hydrogen-bond donors (Lipinski definition) is 0. The maximum atomic E-state index is 13.5. The summed E-state index contributed by atoms with van der Waals surface area (Å²) in [6.07, 6.45) is 10.6. The minimum atomic E-state index is -0.372. The molecule has 1 aromatic rings. The summed E-state index contributed by atoms with van der Waals surface area (Å²) in [5.41, 5.74) is 2.73. The summed E-state index contributed by atoms with van der Waals surface area (Å²) in [5.74, 6) is 1.10. The monoisotopic (exact) mass is 337 g/mol. The van der Waals surface area contributed by atoms with Gasteiger partial charge in [0.05, 0.1) is 12.6 Å². The lowest BCUT2D eigenvalue weighted by Gasteiger charge is -2.48. The van der Waals surface area contributed by atoms with Gasteiger partial charge in [0, 0.05) is 12.1 Å². The Hall–Kier alpha value is -2.13. The topological polar surface area (TPSA) is 29.5 Å². The van der Waals surface area contributed by atoms with E-state index in [0.29, 0.717) is 0 Å². The lowest BCUT2D eigenvalue weighted by atomic mass is 9.71. The predicted octanol–water partition coefficient (Wildman–Crippen LogP) is 4.35. The van der Waals surface area contributed by atoms with Crippen LogP contribution < -0.4 is 4.74 Å². The van der Waals surface area contributed by atoms with Crippen molar-refractivity contribution in [3.05, 3.63) is 66.3 Å². The molecule has 1 atom stereocenters. The van der Waals surface area contributed by atoms with Crippen LogP contribution in [0.3, 0.4) is 0 Å². The molecule has 1 aliphatic heterocycles. The molecule has 1 heterocycles. The van der Waals surface area contributed by atoms with Crippen LogP contribution >= 0.6 is 0 Å². The molecule has 3 nitrogen and oxygen atoms in total. The number of aryl methyl sites for hydroxylation is 1. The third-order valence-electron chi connectivity index (χ3n) is 5.63. The van der Waals surface area contributed by atoms with Crippen LogP contribution in [0, 0.1) is 0 Å². The van der Waals surface area contributed by atoms with Crippen LogP contribution in [-0.2, 0) is 6.42 Å². The van der Waals surface area contributed by atoms with Gasteiger partial charge in [-0.25, -0.2) is 0 Å². The lowest BCUT2D eigenvalue weighted by molar-refractivity contribution is 0.0341. The van der Waals surface area contributed by atoms with Gasteiger partial charge in [-0.1, -0.05) is 31.4 Å². The quantitative estimate of drug-likeness (QED) is 0.748. The van der Waals surface area contributed by atoms with E-state index in [2.05, 4.69) is 18.1 Å². The van der Waals surface area contributed by atoms with E-state index < -0.39 is 0 Å². The number of rotatable bonds is 5. The van der Waals surface area contributed by atoms with Crippen LogP contribution in [-0.4, -0.2) is 36.4 Å². The van der Waals surface area contributed by atoms with Crippen molar-refractivity contribution in [2.24, 2.45) is 0 Å². The van der Waals surface area contributed by atoms with Crippen LogP contribution in [0.1, 0.15) is 41.6 Å². The van der Waals surface area contributed by atoms with Gasteiger partial charge in [-0.05, 0) is 68.0 Å². The number of allylic oxidation sites excluding steroid dienone is 2. The highest BCUT2D eigenvalue weighted by Crippen LogP contribution is 2.41. The molecule has 1 spiro atoms. The molecule has 1 fully saturated rings. The minimum absolute atomic E-state index is 0.276. The second-order valence-corrected chi connectivity index (χ2v) is 6.94. The number of likely N-dealkylation sites (tertiary alicyclic amines) is 1. The second-order valence-electron chi connectivity index (χ2n) is 6.94. The highest BCUT2D eigenvalue weighted by Gasteiger charge is 2.47. The zero-order valence-corrected chi connectivity index (χ0v) is 15.1. The molecule has 0 aromatic heterocycles. The summed E-state index contributed by atoms with van der Waals surface area (Å²) in [6.45, 7) is 9.41. The number of ketones is 1. The Kier molecular flexibility index (Phi) is 5.24. The average Bonchev–Trinajstić information content (AvgIpc) is 2.65. The number of carbonyl (C=O) groups excluding carboxylic acids is 1. The Bertz CT molecular complexity index is 719. The zero-order valence-electron chi connectivity index (χ0n) is 15.1. The third-order valence-corrected chi connectivity index (χ3v) is 5.63. The number of methoxy groups -OCH3 is 1. The van der Waals surface area contributed by atoms with Crippen LogP contribution in [0.4, 0.5) is 0 Å². The van der Waals surface area contributed by atoms with Crippen molar-refractivity contribution in [3.8, 4) is 5.75 Å². The van der Waals surface area contributed by atoms with Gasteiger partial charge in [0.2, 0.25) is 0 Å². The van der Waals surface area contributed by atoms with E-state index in [1.807, 2.05) is 30.4 Å². The number of ether oxygens (including phenoxy) is 1. The predicted molar refractivity (Wildman–Crippen MR) is 102 cm³/mol. The van der Waals surface area contributed by atoms with Crippen molar-refractivity contribution in [2.45, 2.75) is 37.6 Å². The van der Waals surface area contributed by atoms with Crippen molar-refractivity contribution in [3.63, 3.8) is 0 Å². The third kappa shape index (κ3) is 3.21. The molecular weight excluding hydrogens is 310 g/mol. The van der Waals surface area contributed by atoms with Gasteiger partial charge in [0.25, 0.3) is 0 Å². The number of piperidine rings is 1. The normalized spacial score (nSPS) is 24.0. The second kappa shape index (κ2) is 7.40. The fraction of sp³-hybridized carbons (Fsp3) is 0.409. The molecule has 0 radical (unpaired) electrons. The largest absolute Gasteiger partial charge is 0.497 e. The first-order valence-electron chi connectivity index (χ1n) is 9.05. The molecule has 2 aliphatic rings. The summed E-state index contributed by atoms with van der Waals surface area (Å²) >= 11 is 0. The van der Waals surface area contributed by atoms with Gasteiger partial charge in [-0.2, -0.15) is 0 Å². The van der Waals surface area contributed by atoms with Gasteiger partial charge in [0.15, 0.2) is 5.78 Å². The lowest BCUT2D eigenvalue weighted by Crippen LogP contribution is -2.59. The minimum Gasteiger partial charge on any atom is -0.497 e. The van der Waals surface area contributed by atoms with Gasteiger partial charge < -0.3 is 4.74 Å². The molecule has 0 saturated carbocycles. The molecule has 0 N–H and O–H groups in total. The SMILES string of the molecule is C=C/C=C(\C=C)CN1CCCCC12CCc1cc(OC)ccc1C2=O. The highest BCUT2D eigenvalue weighted by molar-refractivity contribution is 6.05.